The normalized spacial score (nSPS) is 10.8. The van der Waals surface area contributed by atoms with Gasteiger partial charge in [0.2, 0.25) is 0 Å². The number of ketones is 1. The van der Waals surface area contributed by atoms with Crippen LogP contribution in [0.15, 0.2) is 90.3 Å². The molecule has 0 N–H and O–H groups in total. The molecule has 0 amide bonds. The maximum atomic E-state index is 12.5. The number of carbonyl (C=O) groups excluding carboxylic acids is 1. The average Bonchev–Trinajstić information content (AvgIpc) is 3.20. The van der Waals surface area contributed by atoms with Crippen molar-refractivity contribution in [2.45, 2.75) is 18.1 Å². The predicted octanol–water partition coefficient (Wildman–Crippen LogP) is 4.56. The molecule has 0 unspecified atom stereocenters. The van der Waals surface area contributed by atoms with E-state index in [2.05, 4.69) is 31.9 Å². The van der Waals surface area contributed by atoms with Gasteiger partial charge < -0.3 is 4.57 Å². The summed E-state index contributed by atoms with van der Waals surface area (Å²) < 4.78 is 2.10. The lowest BCUT2D eigenvalue weighted by atomic mass is 10.1. The molecule has 2 aromatic heterocycles. The Morgan fingerprint density at radius 1 is 0.897 bits per heavy atom. The van der Waals surface area contributed by atoms with E-state index in [1.807, 2.05) is 48.5 Å². The number of aromatic nitrogens is 4. The van der Waals surface area contributed by atoms with Crippen LogP contribution in [0.4, 0.5) is 0 Å². The molecule has 5 nitrogen and oxygen atoms in total. The molecule has 29 heavy (non-hydrogen) atoms. The fourth-order valence-corrected chi connectivity index (χ4v) is 3.88. The maximum Gasteiger partial charge on any atom is 0.191 e. The Morgan fingerprint density at radius 3 is 2.38 bits per heavy atom. The van der Waals surface area contributed by atoms with Gasteiger partial charge in [-0.25, -0.2) is 0 Å². The van der Waals surface area contributed by atoms with E-state index in [4.69, 9.17) is 0 Å². The molecular weight excluding hydrogens is 380 g/mol. The van der Waals surface area contributed by atoms with Gasteiger partial charge in [-0.2, -0.15) is 0 Å². The number of hydrogen-bond acceptors (Lipinski definition) is 5. The van der Waals surface area contributed by atoms with Gasteiger partial charge in [-0.15, -0.1) is 10.2 Å². The number of aryl methyl sites for hydroxylation is 1. The molecule has 0 aliphatic carbocycles. The van der Waals surface area contributed by atoms with Crippen molar-refractivity contribution >= 4 is 17.5 Å². The molecule has 0 atom stereocenters. The minimum absolute atomic E-state index is 0.0296. The number of carbonyl (C=O) groups is 1. The lowest BCUT2D eigenvalue weighted by Crippen LogP contribution is -2.08. The highest BCUT2D eigenvalue weighted by atomic mass is 32.2. The summed E-state index contributed by atoms with van der Waals surface area (Å²) in [4.78, 5) is 16.5. The Hall–Kier alpha value is -3.25. The molecule has 0 radical (unpaired) electrons. The number of thioether (sulfide) groups is 1. The van der Waals surface area contributed by atoms with Crippen molar-refractivity contribution in [2.75, 3.05) is 5.75 Å². The van der Waals surface area contributed by atoms with Gasteiger partial charge in [-0.3, -0.25) is 9.78 Å². The standard InChI is InChI=1S/C23H20N4OS/c28-21(20-12-7-14-24-16-20)17-29-23-26-25-22(19-10-5-2-6-11-19)27(23)15-13-18-8-3-1-4-9-18/h1-12,14,16H,13,15,17H2. The van der Waals surface area contributed by atoms with Gasteiger partial charge in [-0.05, 0) is 24.1 Å². The molecule has 6 heteroatoms. The van der Waals surface area contributed by atoms with Gasteiger partial charge in [0.05, 0.1) is 5.75 Å². The fraction of sp³-hybridized carbons (Fsp3) is 0.130. The van der Waals surface area contributed by atoms with E-state index in [9.17, 15) is 4.79 Å². The largest absolute Gasteiger partial charge is 0.302 e. The van der Waals surface area contributed by atoms with Gasteiger partial charge in [0.15, 0.2) is 16.8 Å². The zero-order valence-electron chi connectivity index (χ0n) is 15.8. The highest BCUT2D eigenvalue weighted by molar-refractivity contribution is 7.99. The second-order valence-corrected chi connectivity index (χ2v) is 7.46. The van der Waals surface area contributed by atoms with E-state index in [0.29, 0.717) is 11.3 Å². The fourth-order valence-electron chi connectivity index (χ4n) is 3.02. The molecule has 0 bridgehead atoms. The Balaban J connectivity index is 1.56. The highest BCUT2D eigenvalue weighted by Gasteiger charge is 2.16. The topological polar surface area (TPSA) is 60.7 Å². The van der Waals surface area contributed by atoms with Crippen molar-refractivity contribution in [1.82, 2.24) is 19.7 Å². The van der Waals surface area contributed by atoms with E-state index in [-0.39, 0.29) is 5.78 Å². The molecule has 0 saturated heterocycles. The summed E-state index contributed by atoms with van der Waals surface area (Å²) in [6.07, 6.45) is 4.12. The Bertz CT molecular complexity index is 1070. The Morgan fingerprint density at radius 2 is 1.66 bits per heavy atom. The number of hydrogen-bond donors (Lipinski definition) is 0. The van der Waals surface area contributed by atoms with E-state index in [1.54, 1.807) is 24.5 Å². The molecule has 4 rings (SSSR count). The molecule has 0 aliphatic heterocycles. The van der Waals surface area contributed by atoms with Crippen LogP contribution in [0.5, 0.6) is 0 Å². The summed E-state index contributed by atoms with van der Waals surface area (Å²) in [5, 5.41) is 9.54. The van der Waals surface area contributed by atoms with Crippen LogP contribution in [-0.2, 0) is 13.0 Å². The molecule has 144 valence electrons. The molecular formula is C23H20N4OS. The van der Waals surface area contributed by atoms with E-state index < -0.39 is 0 Å². The first-order chi connectivity index (χ1) is 14.3. The molecule has 4 aromatic rings. The van der Waals surface area contributed by atoms with E-state index >= 15 is 0 Å². The third-order valence-corrected chi connectivity index (χ3v) is 5.50. The highest BCUT2D eigenvalue weighted by Crippen LogP contribution is 2.25. The molecule has 0 saturated carbocycles. The van der Waals surface area contributed by atoms with Crippen molar-refractivity contribution in [3.05, 3.63) is 96.3 Å². The van der Waals surface area contributed by atoms with Crippen LogP contribution in [0.3, 0.4) is 0 Å². The van der Waals surface area contributed by atoms with Crippen molar-refractivity contribution < 1.29 is 4.79 Å². The summed E-state index contributed by atoms with van der Waals surface area (Å²) in [5.74, 6) is 1.14. The molecule has 0 fully saturated rings. The summed E-state index contributed by atoms with van der Waals surface area (Å²) >= 11 is 1.41. The van der Waals surface area contributed by atoms with Crippen LogP contribution in [0.25, 0.3) is 11.4 Å². The molecule has 0 aliphatic rings. The SMILES string of the molecule is O=C(CSc1nnc(-c2ccccc2)n1CCc1ccccc1)c1cccnc1. The van der Waals surface area contributed by atoms with Gasteiger partial charge in [0.1, 0.15) is 0 Å². The third-order valence-electron chi connectivity index (χ3n) is 4.53. The van der Waals surface area contributed by atoms with Crippen molar-refractivity contribution in [1.29, 1.82) is 0 Å². The van der Waals surface area contributed by atoms with Gasteiger partial charge in [-0.1, -0.05) is 72.4 Å². The lowest BCUT2D eigenvalue weighted by Gasteiger charge is -2.10. The van der Waals surface area contributed by atoms with Gasteiger partial charge >= 0.3 is 0 Å². The lowest BCUT2D eigenvalue weighted by molar-refractivity contribution is 0.102. The molecule has 0 spiro atoms. The Kier molecular flexibility index (Phi) is 6.12. The summed E-state index contributed by atoms with van der Waals surface area (Å²) in [6, 6.07) is 23.9. The van der Waals surface area contributed by atoms with Crippen LogP contribution in [-0.4, -0.2) is 31.3 Å². The maximum absolute atomic E-state index is 12.5. The number of benzene rings is 2. The number of rotatable bonds is 8. The van der Waals surface area contributed by atoms with Crippen LogP contribution in [0, 0.1) is 0 Å². The van der Waals surface area contributed by atoms with E-state index in [0.717, 1.165) is 29.5 Å². The zero-order chi connectivity index (χ0) is 19.9. The van der Waals surface area contributed by atoms with Crippen molar-refractivity contribution in [3.8, 4) is 11.4 Å². The molecule has 2 heterocycles. The monoisotopic (exact) mass is 400 g/mol. The van der Waals surface area contributed by atoms with Crippen LogP contribution < -0.4 is 0 Å². The summed E-state index contributed by atoms with van der Waals surface area (Å²) in [5.41, 5.74) is 2.87. The summed E-state index contributed by atoms with van der Waals surface area (Å²) in [6.45, 7) is 0.741. The van der Waals surface area contributed by atoms with Crippen LogP contribution in [0.1, 0.15) is 15.9 Å². The smallest absolute Gasteiger partial charge is 0.191 e. The zero-order valence-corrected chi connectivity index (χ0v) is 16.6. The van der Waals surface area contributed by atoms with Crippen molar-refractivity contribution in [3.63, 3.8) is 0 Å². The first kappa shape index (κ1) is 19.1. The predicted molar refractivity (Wildman–Crippen MR) is 115 cm³/mol. The second kappa shape index (κ2) is 9.30. The number of Topliss-reactive ketones (excluding diaryl/α,β-unsaturated/α-hetero) is 1. The quantitative estimate of drug-likeness (QED) is 0.321. The van der Waals surface area contributed by atoms with Crippen LogP contribution >= 0.6 is 11.8 Å². The van der Waals surface area contributed by atoms with Gasteiger partial charge in [0, 0.05) is 30.1 Å². The first-order valence-corrected chi connectivity index (χ1v) is 10.4. The number of pyridine rings is 1. The second-order valence-electron chi connectivity index (χ2n) is 6.51. The van der Waals surface area contributed by atoms with E-state index in [1.165, 1.54) is 17.3 Å². The molecule has 2 aromatic carbocycles. The number of nitrogens with zero attached hydrogens (tertiary/aromatic N) is 4. The van der Waals surface area contributed by atoms with Crippen molar-refractivity contribution in [2.24, 2.45) is 0 Å². The third kappa shape index (κ3) is 4.78. The van der Waals surface area contributed by atoms with Gasteiger partial charge in [0.25, 0.3) is 0 Å². The minimum Gasteiger partial charge on any atom is -0.302 e. The van der Waals surface area contributed by atoms with Crippen LogP contribution in [0.2, 0.25) is 0 Å². The average molecular weight is 401 g/mol. The summed E-state index contributed by atoms with van der Waals surface area (Å²) in [7, 11) is 0. The first-order valence-electron chi connectivity index (χ1n) is 9.40. The Labute approximate surface area is 173 Å². The minimum atomic E-state index is 0.0296.